The van der Waals surface area contributed by atoms with Gasteiger partial charge in [0, 0.05) is 0 Å². The summed E-state index contributed by atoms with van der Waals surface area (Å²) in [6.07, 6.45) is 0.682. The topological polar surface area (TPSA) is 37.5 Å². The SMILES string of the molecule is CC1CCC(C(O)c2c(C(F)(F)F)sc3cncn23)CC1. The molecule has 1 aliphatic carbocycles. The van der Waals surface area contributed by atoms with Gasteiger partial charge < -0.3 is 5.11 Å². The number of rotatable bonds is 2. The maximum atomic E-state index is 13.2. The largest absolute Gasteiger partial charge is 0.427 e. The van der Waals surface area contributed by atoms with E-state index in [1.165, 1.54) is 16.9 Å². The van der Waals surface area contributed by atoms with Crippen molar-refractivity contribution in [3.63, 3.8) is 0 Å². The molecule has 1 unspecified atom stereocenters. The number of hydrogen-bond acceptors (Lipinski definition) is 3. The molecule has 0 bridgehead atoms. The lowest BCUT2D eigenvalue weighted by Gasteiger charge is -2.30. The fourth-order valence-electron chi connectivity index (χ4n) is 3.11. The number of imidazole rings is 1. The summed E-state index contributed by atoms with van der Waals surface area (Å²) in [5.74, 6) is 0.480. The highest BCUT2D eigenvalue weighted by atomic mass is 32.1. The first-order chi connectivity index (χ1) is 9.88. The van der Waals surface area contributed by atoms with Crippen LogP contribution in [0, 0.1) is 11.8 Å². The molecule has 3 rings (SSSR count). The first kappa shape index (κ1) is 14.8. The summed E-state index contributed by atoms with van der Waals surface area (Å²) in [5.41, 5.74) is -0.0421. The summed E-state index contributed by atoms with van der Waals surface area (Å²) in [7, 11) is 0. The molecule has 2 aromatic rings. The van der Waals surface area contributed by atoms with Gasteiger partial charge in [0.05, 0.1) is 18.0 Å². The quantitative estimate of drug-likeness (QED) is 0.897. The average molecular weight is 318 g/mol. The molecule has 21 heavy (non-hydrogen) atoms. The van der Waals surface area contributed by atoms with E-state index in [0.29, 0.717) is 22.1 Å². The van der Waals surface area contributed by atoms with E-state index in [-0.39, 0.29) is 11.6 Å². The van der Waals surface area contributed by atoms with Crippen LogP contribution in [0.3, 0.4) is 0 Å². The third kappa shape index (κ3) is 2.68. The van der Waals surface area contributed by atoms with Crippen molar-refractivity contribution in [3.8, 4) is 0 Å². The van der Waals surface area contributed by atoms with Crippen molar-refractivity contribution in [3.05, 3.63) is 23.1 Å². The minimum absolute atomic E-state index is 0.0421. The number of aromatic nitrogens is 2. The Morgan fingerprint density at radius 2 is 2.00 bits per heavy atom. The average Bonchev–Trinajstić information content (AvgIpc) is 2.97. The zero-order valence-electron chi connectivity index (χ0n) is 11.6. The predicted molar refractivity (Wildman–Crippen MR) is 74.2 cm³/mol. The zero-order chi connectivity index (χ0) is 15.2. The van der Waals surface area contributed by atoms with Gasteiger partial charge in [-0.2, -0.15) is 13.2 Å². The van der Waals surface area contributed by atoms with Gasteiger partial charge in [-0.15, -0.1) is 11.3 Å². The number of thiazole rings is 1. The van der Waals surface area contributed by atoms with Crippen molar-refractivity contribution in [2.45, 2.75) is 44.9 Å². The van der Waals surface area contributed by atoms with E-state index in [1.54, 1.807) is 0 Å². The molecule has 1 aliphatic rings. The van der Waals surface area contributed by atoms with E-state index >= 15 is 0 Å². The van der Waals surface area contributed by atoms with Crippen molar-refractivity contribution < 1.29 is 18.3 Å². The van der Waals surface area contributed by atoms with Gasteiger partial charge in [-0.25, -0.2) is 4.98 Å². The van der Waals surface area contributed by atoms with Crippen LogP contribution in [-0.4, -0.2) is 14.5 Å². The van der Waals surface area contributed by atoms with Gasteiger partial charge in [-0.1, -0.05) is 19.8 Å². The van der Waals surface area contributed by atoms with Crippen molar-refractivity contribution >= 4 is 16.2 Å². The fourth-order valence-corrected chi connectivity index (χ4v) is 4.12. The summed E-state index contributed by atoms with van der Waals surface area (Å²) in [5, 5.41) is 10.5. The van der Waals surface area contributed by atoms with E-state index in [2.05, 4.69) is 11.9 Å². The van der Waals surface area contributed by atoms with Crippen LogP contribution in [0.1, 0.15) is 49.3 Å². The lowest BCUT2D eigenvalue weighted by Crippen LogP contribution is -2.22. The highest BCUT2D eigenvalue weighted by Gasteiger charge is 2.41. The number of halogens is 3. The van der Waals surface area contributed by atoms with Crippen LogP contribution in [0.5, 0.6) is 0 Å². The normalized spacial score (nSPS) is 25.4. The van der Waals surface area contributed by atoms with Crippen LogP contribution >= 0.6 is 11.3 Å². The highest BCUT2D eigenvalue weighted by molar-refractivity contribution is 7.17. The van der Waals surface area contributed by atoms with Crippen LogP contribution in [0.4, 0.5) is 13.2 Å². The first-order valence-corrected chi connectivity index (χ1v) is 7.89. The summed E-state index contributed by atoms with van der Waals surface area (Å²) >= 11 is 0.646. The molecule has 1 saturated carbocycles. The maximum absolute atomic E-state index is 13.2. The van der Waals surface area contributed by atoms with E-state index in [4.69, 9.17) is 0 Å². The van der Waals surface area contributed by atoms with E-state index < -0.39 is 17.2 Å². The molecule has 0 spiro atoms. The molecule has 0 amide bonds. The Bertz CT molecular complexity index is 626. The number of hydrogen-bond donors (Lipinski definition) is 1. The monoisotopic (exact) mass is 318 g/mol. The highest BCUT2D eigenvalue weighted by Crippen LogP contribution is 2.45. The Balaban J connectivity index is 1.99. The van der Waals surface area contributed by atoms with Crippen LogP contribution in [0.25, 0.3) is 4.83 Å². The Morgan fingerprint density at radius 1 is 1.33 bits per heavy atom. The summed E-state index contributed by atoms with van der Waals surface area (Å²) in [6, 6.07) is 0. The molecule has 1 atom stereocenters. The second-order valence-corrected chi connectivity index (χ2v) is 6.91. The van der Waals surface area contributed by atoms with Crippen LogP contribution < -0.4 is 0 Å². The molecule has 0 radical (unpaired) electrons. The second-order valence-electron chi connectivity index (χ2n) is 5.88. The zero-order valence-corrected chi connectivity index (χ0v) is 12.4. The van der Waals surface area contributed by atoms with Gasteiger partial charge in [0.2, 0.25) is 0 Å². The smallest absolute Gasteiger partial charge is 0.387 e. The molecule has 1 fully saturated rings. The molecule has 116 valence electrons. The Hall–Kier alpha value is -1.08. The summed E-state index contributed by atoms with van der Waals surface area (Å²) < 4.78 is 41.0. The van der Waals surface area contributed by atoms with Gasteiger partial charge in [-0.05, 0) is 24.7 Å². The van der Waals surface area contributed by atoms with Crippen molar-refractivity contribution in [2.24, 2.45) is 11.8 Å². The number of fused-ring (bicyclic) bond motifs is 1. The second kappa shape index (κ2) is 5.28. The molecule has 1 N–H and O–H groups in total. The van der Waals surface area contributed by atoms with E-state index in [9.17, 15) is 18.3 Å². The molecule has 3 nitrogen and oxygen atoms in total. The molecular formula is C14H17F3N2OS. The number of aliphatic hydroxyl groups excluding tert-OH is 1. The molecule has 2 heterocycles. The standard InChI is InChI=1S/C14H17F3N2OS/c1-8-2-4-9(5-3-8)12(20)11-13(14(15,16)17)21-10-6-18-7-19(10)11/h6-9,12,20H,2-5H2,1H3. The third-order valence-corrected chi connectivity index (χ3v) is 5.50. The Morgan fingerprint density at radius 3 is 2.62 bits per heavy atom. The molecule has 2 aromatic heterocycles. The van der Waals surface area contributed by atoms with Crippen molar-refractivity contribution in [1.29, 1.82) is 0 Å². The predicted octanol–water partition coefficient (Wildman–Crippen LogP) is 4.27. The minimum Gasteiger partial charge on any atom is -0.387 e. The maximum Gasteiger partial charge on any atom is 0.427 e. The number of nitrogens with zero attached hydrogens (tertiary/aromatic N) is 2. The van der Waals surface area contributed by atoms with Crippen LogP contribution in [0.2, 0.25) is 0 Å². The molecule has 0 aliphatic heterocycles. The summed E-state index contributed by atoms with van der Waals surface area (Å²) in [4.78, 5) is 3.59. The van der Waals surface area contributed by atoms with E-state index in [0.717, 1.165) is 25.7 Å². The first-order valence-electron chi connectivity index (χ1n) is 7.08. The molecular weight excluding hydrogens is 301 g/mol. The molecule has 0 aromatic carbocycles. The lowest BCUT2D eigenvalue weighted by atomic mass is 9.79. The van der Waals surface area contributed by atoms with Crippen molar-refractivity contribution in [1.82, 2.24) is 9.38 Å². The van der Waals surface area contributed by atoms with Gasteiger partial charge in [0.1, 0.15) is 16.0 Å². The Kier molecular flexibility index (Phi) is 3.73. The van der Waals surface area contributed by atoms with Crippen LogP contribution in [0.15, 0.2) is 12.5 Å². The molecule has 7 heteroatoms. The van der Waals surface area contributed by atoms with Gasteiger partial charge in [0.25, 0.3) is 0 Å². The van der Waals surface area contributed by atoms with Gasteiger partial charge in [-0.3, -0.25) is 4.40 Å². The minimum atomic E-state index is -4.44. The number of alkyl halides is 3. The number of aliphatic hydroxyl groups is 1. The fraction of sp³-hybridized carbons (Fsp3) is 0.643. The lowest BCUT2D eigenvalue weighted by molar-refractivity contribution is -0.136. The summed E-state index contributed by atoms with van der Waals surface area (Å²) in [6.45, 7) is 2.14. The van der Waals surface area contributed by atoms with E-state index in [1.807, 2.05) is 0 Å². The molecule has 0 saturated heterocycles. The Labute approximate surface area is 124 Å². The third-order valence-electron chi connectivity index (χ3n) is 4.35. The van der Waals surface area contributed by atoms with Gasteiger partial charge >= 0.3 is 6.18 Å². The van der Waals surface area contributed by atoms with Crippen molar-refractivity contribution in [2.75, 3.05) is 0 Å². The van der Waals surface area contributed by atoms with Gasteiger partial charge in [0.15, 0.2) is 0 Å². The van der Waals surface area contributed by atoms with Crippen LogP contribution in [-0.2, 0) is 6.18 Å².